The number of hydrogen-bond donors (Lipinski definition) is 1. The molecule has 1 aromatic carbocycles. The molecule has 0 fully saturated rings. The van der Waals surface area contributed by atoms with E-state index in [1.54, 1.807) is 0 Å². The predicted octanol–water partition coefficient (Wildman–Crippen LogP) is 4.01. The highest BCUT2D eigenvalue weighted by Crippen LogP contribution is 2.43. The molecule has 0 spiro atoms. The van der Waals surface area contributed by atoms with Gasteiger partial charge in [-0.1, -0.05) is 56.3 Å². The van der Waals surface area contributed by atoms with Crippen molar-refractivity contribution in [1.29, 1.82) is 0 Å². The molecule has 4 nitrogen and oxygen atoms in total. The van der Waals surface area contributed by atoms with Crippen LogP contribution in [0.5, 0.6) is 0 Å². The van der Waals surface area contributed by atoms with Gasteiger partial charge in [-0.2, -0.15) is 0 Å². The molecule has 0 amide bonds. The van der Waals surface area contributed by atoms with E-state index < -0.39 is 5.97 Å². The molecule has 4 heteroatoms. The third kappa shape index (κ3) is 3.50. The largest absolute Gasteiger partial charge is 0.466 e. The second kappa shape index (κ2) is 6.94. The molecular weight excluding hydrogens is 326 g/mol. The molecule has 1 N–H and O–H groups in total. The Hall–Kier alpha value is -2.62. The van der Waals surface area contributed by atoms with Crippen molar-refractivity contribution in [1.82, 2.24) is 5.32 Å². The number of hydrogen-bond acceptors (Lipinski definition) is 4. The van der Waals surface area contributed by atoms with Crippen molar-refractivity contribution in [3.05, 3.63) is 64.5 Å². The SMILES string of the molecule is COC(=O)C1=C(C)NC2=C(C(=O)CC(C)(C)C2)C1/C=C/c1ccccc1. The number of carbonyl (C=O) groups excluding carboxylic acids is 2. The minimum absolute atomic E-state index is 0.0837. The van der Waals surface area contributed by atoms with Crippen molar-refractivity contribution >= 4 is 17.8 Å². The predicted molar refractivity (Wildman–Crippen MR) is 102 cm³/mol. The second-order valence-corrected chi connectivity index (χ2v) is 7.74. The van der Waals surface area contributed by atoms with Gasteiger partial charge in [-0.15, -0.1) is 0 Å². The lowest BCUT2D eigenvalue weighted by Gasteiger charge is -2.38. The zero-order chi connectivity index (χ0) is 18.9. The fourth-order valence-corrected chi connectivity index (χ4v) is 3.83. The Morgan fingerprint density at radius 1 is 1.23 bits per heavy atom. The van der Waals surface area contributed by atoms with Gasteiger partial charge >= 0.3 is 5.97 Å². The number of methoxy groups -OCH3 is 1. The molecule has 26 heavy (non-hydrogen) atoms. The van der Waals surface area contributed by atoms with Gasteiger partial charge in [0.05, 0.1) is 12.7 Å². The van der Waals surface area contributed by atoms with Crippen LogP contribution in [0.15, 0.2) is 58.9 Å². The maximum atomic E-state index is 12.9. The van der Waals surface area contributed by atoms with Crippen LogP contribution < -0.4 is 5.32 Å². The molecule has 3 rings (SSSR count). The standard InChI is InChI=1S/C22H25NO3/c1-14-19(21(25)26-4)16(11-10-15-8-6-5-7-9-15)20-17(23-14)12-22(2,3)13-18(20)24/h5-11,16,23H,12-13H2,1-4H3/b11-10+. The Bertz CT molecular complexity index is 828. The van der Waals surface area contributed by atoms with E-state index in [-0.39, 0.29) is 17.1 Å². The van der Waals surface area contributed by atoms with Crippen molar-refractivity contribution in [2.24, 2.45) is 11.3 Å². The number of nitrogens with one attached hydrogen (secondary N) is 1. The molecule has 1 unspecified atom stereocenters. The smallest absolute Gasteiger partial charge is 0.336 e. The molecule has 1 heterocycles. The number of ether oxygens (including phenoxy) is 1. The maximum Gasteiger partial charge on any atom is 0.336 e. The Morgan fingerprint density at radius 2 is 1.92 bits per heavy atom. The van der Waals surface area contributed by atoms with Gasteiger partial charge < -0.3 is 10.1 Å². The fourth-order valence-electron chi connectivity index (χ4n) is 3.83. The lowest BCUT2D eigenvalue weighted by molar-refractivity contribution is -0.136. The van der Waals surface area contributed by atoms with Gasteiger partial charge in [-0.3, -0.25) is 4.79 Å². The van der Waals surface area contributed by atoms with Crippen LogP contribution in [0.2, 0.25) is 0 Å². The van der Waals surface area contributed by atoms with Gasteiger partial charge in [0.15, 0.2) is 5.78 Å². The van der Waals surface area contributed by atoms with Crippen molar-refractivity contribution in [2.75, 3.05) is 7.11 Å². The van der Waals surface area contributed by atoms with Crippen LogP contribution >= 0.6 is 0 Å². The van der Waals surface area contributed by atoms with E-state index in [4.69, 9.17) is 4.74 Å². The molecule has 136 valence electrons. The van der Waals surface area contributed by atoms with Crippen LogP contribution in [-0.2, 0) is 14.3 Å². The highest BCUT2D eigenvalue weighted by molar-refractivity contribution is 6.03. The lowest BCUT2D eigenvalue weighted by atomic mass is 9.70. The summed E-state index contributed by atoms with van der Waals surface area (Å²) in [6, 6.07) is 9.87. The van der Waals surface area contributed by atoms with Crippen LogP contribution in [-0.4, -0.2) is 18.9 Å². The zero-order valence-corrected chi connectivity index (χ0v) is 15.8. The Balaban J connectivity index is 2.07. The van der Waals surface area contributed by atoms with E-state index in [1.165, 1.54) is 7.11 Å². The van der Waals surface area contributed by atoms with E-state index in [0.29, 0.717) is 17.6 Å². The van der Waals surface area contributed by atoms with Gasteiger partial charge in [0.25, 0.3) is 0 Å². The normalized spacial score (nSPS) is 22.3. The number of esters is 1. The van der Waals surface area contributed by atoms with Crippen LogP contribution in [0, 0.1) is 11.3 Å². The number of ketones is 1. The van der Waals surface area contributed by atoms with Crippen molar-refractivity contribution < 1.29 is 14.3 Å². The topological polar surface area (TPSA) is 55.4 Å². The fraction of sp³-hybridized carbons (Fsp3) is 0.364. The van der Waals surface area contributed by atoms with Crippen molar-refractivity contribution in [3.63, 3.8) is 0 Å². The average Bonchev–Trinajstić information content (AvgIpc) is 2.58. The molecule has 1 aliphatic heterocycles. The number of rotatable bonds is 3. The molecule has 0 bridgehead atoms. The van der Waals surface area contributed by atoms with Gasteiger partial charge in [-0.25, -0.2) is 4.79 Å². The summed E-state index contributed by atoms with van der Waals surface area (Å²) >= 11 is 0. The number of allylic oxidation sites excluding steroid dienone is 4. The van der Waals surface area contributed by atoms with E-state index in [9.17, 15) is 9.59 Å². The van der Waals surface area contributed by atoms with Gasteiger partial charge in [0, 0.05) is 29.3 Å². The quantitative estimate of drug-likeness (QED) is 0.836. The first-order valence-electron chi connectivity index (χ1n) is 8.88. The first kappa shape index (κ1) is 18.2. The Labute approximate surface area is 154 Å². The van der Waals surface area contributed by atoms with Crippen molar-refractivity contribution in [3.8, 4) is 0 Å². The molecule has 1 aromatic rings. The third-order valence-corrected chi connectivity index (χ3v) is 4.97. The summed E-state index contributed by atoms with van der Waals surface area (Å²) in [6.45, 7) is 6.06. The van der Waals surface area contributed by atoms with Crippen LogP contribution in [0.25, 0.3) is 6.08 Å². The van der Waals surface area contributed by atoms with Gasteiger partial charge in [-0.05, 0) is 24.3 Å². The summed E-state index contributed by atoms with van der Waals surface area (Å²) in [6.07, 6.45) is 5.17. The highest BCUT2D eigenvalue weighted by Gasteiger charge is 2.41. The summed E-state index contributed by atoms with van der Waals surface area (Å²) < 4.78 is 4.99. The molecule has 0 aromatic heterocycles. The van der Waals surface area contributed by atoms with E-state index in [2.05, 4.69) is 19.2 Å². The van der Waals surface area contributed by atoms with E-state index >= 15 is 0 Å². The number of benzene rings is 1. The summed E-state index contributed by atoms with van der Waals surface area (Å²) in [5.74, 6) is -0.690. The molecule has 1 aliphatic carbocycles. The minimum Gasteiger partial charge on any atom is -0.466 e. The summed E-state index contributed by atoms with van der Waals surface area (Å²) in [5.41, 5.74) is 3.83. The summed E-state index contributed by atoms with van der Waals surface area (Å²) in [4.78, 5) is 25.3. The van der Waals surface area contributed by atoms with Crippen LogP contribution in [0.3, 0.4) is 0 Å². The van der Waals surface area contributed by atoms with Crippen LogP contribution in [0.1, 0.15) is 39.2 Å². The summed E-state index contributed by atoms with van der Waals surface area (Å²) in [7, 11) is 1.37. The van der Waals surface area contributed by atoms with E-state index in [0.717, 1.165) is 23.4 Å². The van der Waals surface area contributed by atoms with Gasteiger partial charge in [0.2, 0.25) is 0 Å². The third-order valence-electron chi connectivity index (χ3n) is 4.97. The molecule has 0 saturated carbocycles. The monoisotopic (exact) mass is 351 g/mol. The van der Waals surface area contributed by atoms with Gasteiger partial charge in [0.1, 0.15) is 0 Å². The lowest BCUT2D eigenvalue weighted by Crippen LogP contribution is -2.38. The molecular formula is C22H25NO3. The number of carbonyl (C=O) groups is 2. The average molecular weight is 351 g/mol. The first-order chi connectivity index (χ1) is 12.3. The van der Waals surface area contributed by atoms with Crippen molar-refractivity contribution in [2.45, 2.75) is 33.6 Å². The van der Waals surface area contributed by atoms with E-state index in [1.807, 2.05) is 49.4 Å². The number of Topliss-reactive ketones (excluding diaryl/α,β-unsaturated/α-hetero) is 1. The maximum absolute atomic E-state index is 12.9. The Kier molecular flexibility index (Phi) is 4.86. The molecule has 2 aliphatic rings. The molecule has 0 saturated heterocycles. The minimum atomic E-state index is -0.401. The molecule has 1 atom stereocenters. The zero-order valence-electron chi connectivity index (χ0n) is 15.8. The first-order valence-corrected chi connectivity index (χ1v) is 8.88. The highest BCUT2D eigenvalue weighted by atomic mass is 16.5. The van der Waals surface area contributed by atoms with Crippen LogP contribution in [0.4, 0.5) is 0 Å². The summed E-state index contributed by atoms with van der Waals surface area (Å²) in [5, 5.41) is 3.30. The second-order valence-electron chi connectivity index (χ2n) is 7.74. The number of dihydropyridines is 1. The Morgan fingerprint density at radius 3 is 2.58 bits per heavy atom. The molecule has 0 radical (unpaired) electrons.